The fourth-order valence-corrected chi connectivity index (χ4v) is 2.29. The summed E-state index contributed by atoms with van der Waals surface area (Å²) in [6.07, 6.45) is 4.90. The minimum atomic E-state index is -0.151. The average molecular weight is 363 g/mol. The molecule has 0 bridgehead atoms. The molecule has 5 nitrogen and oxygen atoms in total. The first-order valence-corrected chi connectivity index (χ1v) is 10.00. The molecule has 0 aliphatic carbocycles. The topological polar surface area (TPSA) is 57.2 Å². The molecular weight excluding hydrogens is 320 g/mol. The molecule has 25 heavy (non-hydrogen) atoms. The summed E-state index contributed by atoms with van der Waals surface area (Å²) < 4.78 is 22.9. The van der Waals surface area contributed by atoms with Crippen molar-refractivity contribution >= 4 is 0 Å². The summed E-state index contributed by atoms with van der Waals surface area (Å²) in [5.41, 5.74) is 0. The van der Waals surface area contributed by atoms with Crippen LogP contribution < -0.4 is 0 Å². The van der Waals surface area contributed by atoms with Crippen LogP contribution in [0, 0.1) is 5.92 Å². The number of aliphatic hydroxyl groups excluding tert-OH is 1. The smallest absolute Gasteiger partial charge is 0.0781 e. The molecule has 0 aliphatic heterocycles. The van der Waals surface area contributed by atoms with E-state index in [1.54, 1.807) is 0 Å². The Hall–Kier alpha value is -0.200. The van der Waals surface area contributed by atoms with E-state index in [-0.39, 0.29) is 31.0 Å². The van der Waals surface area contributed by atoms with E-state index in [4.69, 9.17) is 24.1 Å². The van der Waals surface area contributed by atoms with Crippen molar-refractivity contribution in [3.05, 3.63) is 0 Å². The van der Waals surface area contributed by atoms with E-state index in [0.29, 0.717) is 25.7 Å². The van der Waals surface area contributed by atoms with Crippen molar-refractivity contribution in [3.63, 3.8) is 0 Å². The number of ether oxygens (including phenoxy) is 4. The van der Waals surface area contributed by atoms with Crippen molar-refractivity contribution < 1.29 is 24.1 Å². The van der Waals surface area contributed by atoms with E-state index in [1.165, 1.54) is 25.7 Å². The van der Waals surface area contributed by atoms with Crippen molar-refractivity contribution in [1.82, 2.24) is 0 Å². The molecule has 0 aromatic heterocycles. The number of unbranched alkanes of at least 4 members (excludes halogenated alkanes) is 1. The molecule has 0 fully saturated rings. The maximum absolute atomic E-state index is 8.93. The molecule has 0 radical (unpaired) electrons. The second-order valence-corrected chi connectivity index (χ2v) is 7.17. The summed E-state index contributed by atoms with van der Waals surface area (Å²) in [7, 11) is 0. The predicted molar refractivity (Wildman–Crippen MR) is 102 cm³/mol. The van der Waals surface area contributed by atoms with Gasteiger partial charge in [0.15, 0.2) is 0 Å². The van der Waals surface area contributed by atoms with Crippen LogP contribution in [0.15, 0.2) is 0 Å². The first-order valence-electron chi connectivity index (χ1n) is 10.00. The molecule has 152 valence electrons. The Morgan fingerprint density at radius 1 is 0.680 bits per heavy atom. The predicted octanol–water partition coefficient (Wildman–Crippen LogP) is 3.82. The molecule has 0 heterocycles. The molecule has 0 aromatic rings. The standard InChI is InChI=1S/C20H42O5/c1-7-9-10-20(8-2)15-25-19(6)14-24-18(5)13-23-17(4)12-22-16(3)11-21/h16-21H,7-15H2,1-6H3. The zero-order valence-corrected chi connectivity index (χ0v) is 17.3. The Labute approximate surface area is 155 Å². The third-order valence-corrected chi connectivity index (χ3v) is 4.26. The van der Waals surface area contributed by atoms with Crippen LogP contribution in [0.2, 0.25) is 0 Å². The van der Waals surface area contributed by atoms with Crippen LogP contribution in [0.4, 0.5) is 0 Å². The Bertz CT molecular complexity index is 287. The van der Waals surface area contributed by atoms with Crippen LogP contribution in [-0.2, 0) is 18.9 Å². The van der Waals surface area contributed by atoms with Gasteiger partial charge in [0.25, 0.3) is 0 Å². The lowest BCUT2D eigenvalue weighted by Crippen LogP contribution is -2.28. The Morgan fingerprint density at radius 2 is 1.12 bits per heavy atom. The van der Waals surface area contributed by atoms with Gasteiger partial charge in [0, 0.05) is 6.61 Å². The summed E-state index contributed by atoms with van der Waals surface area (Å²) in [4.78, 5) is 0. The van der Waals surface area contributed by atoms with Gasteiger partial charge in [-0.2, -0.15) is 0 Å². The van der Waals surface area contributed by atoms with Crippen molar-refractivity contribution in [2.45, 2.75) is 91.6 Å². The summed E-state index contributed by atoms with van der Waals surface area (Å²) in [6, 6.07) is 0. The van der Waals surface area contributed by atoms with Crippen LogP contribution in [0.5, 0.6) is 0 Å². The SMILES string of the molecule is CCCCC(CC)COC(C)COC(C)COC(C)COC(C)CO. The first-order chi connectivity index (χ1) is 11.9. The molecule has 0 rings (SSSR count). The zero-order chi connectivity index (χ0) is 19.1. The number of rotatable bonds is 17. The minimum Gasteiger partial charge on any atom is -0.394 e. The lowest BCUT2D eigenvalue weighted by atomic mass is 10.0. The lowest BCUT2D eigenvalue weighted by molar-refractivity contribution is -0.0913. The van der Waals surface area contributed by atoms with Crippen LogP contribution in [0.1, 0.15) is 67.2 Å². The summed E-state index contributed by atoms with van der Waals surface area (Å²) in [5.74, 6) is 0.658. The Kier molecular flexibility index (Phi) is 15.9. The molecule has 0 aromatic carbocycles. The highest BCUT2D eigenvalue weighted by molar-refractivity contribution is 4.59. The van der Waals surface area contributed by atoms with Crippen LogP contribution in [-0.4, -0.2) is 62.6 Å². The van der Waals surface area contributed by atoms with Crippen molar-refractivity contribution in [3.8, 4) is 0 Å². The van der Waals surface area contributed by atoms with Crippen molar-refractivity contribution in [2.24, 2.45) is 5.92 Å². The van der Waals surface area contributed by atoms with Gasteiger partial charge in [-0.3, -0.25) is 0 Å². The van der Waals surface area contributed by atoms with E-state index in [9.17, 15) is 0 Å². The molecule has 0 aliphatic rings. The highest BCUT2D eigenvalue weighted by Crippen LogP contribution is 2.14. The molecular formula is C20H42O5. The number of hydrogen-bond acceptors (Lipinski definition) is 5. The highest BCUT2D eigenvalue weighted by atomic mass is 16.6. The quantitative estimate of drug-likeness (QED) is 0.426. The molecule has 1 N–H and O–H groups in total. The van der Waals surface area contributed by atoms with Gasteiger partial charge in [-0.25, -0.2) is 0 Å². The van der Waals surface area contributed by atoms with Crippen LogP contribution >= 0.6 is 0 Å². The lowest BCUT2D eigenvalue weighted by Gasteiger charge is -2.22. The molecule has 0 spiro atoms. The van der Waals surface area contributed by atoms with Crippen molar-refractivity contribution in [1.29, 1.82) is 0 Å². The average Bonchev–Trinajstić information content (AvgIpc) is 2.62. The second kappa shape index (κ2) is 16.0. The van der Waals surface area contributed by atoms with Gasteiger partial charge in [0.1, 0.15) is 0 Å². The highest BCUT2D eigenvalue weighted by Gasteiger charge is 2.13. The van der Waals surface area contributed by atoms with Crippen LogP contribution in [0.25, 0.3) is 0 Å². The molecule has 0 saturated heterocycles. The third-order valence-electron chi connectivity index (χ3n) is 4.26. The Balaban J connectivity index is 3.76. The first kappa shape index (κ1) is 24.8. The zero-order valence-electron chi connectivity index (χ0n) is 17.3. The van der Waals surface area contributed by atoms with Gasteiger partial charge in [-0.05, 0) is 40.0 Å². The maximum Gasteiger partial charge on any atom is 0.0781 e. The van der Waals surface area contributed by atoms with Gasteiger partial charge < -0.3 is 24.1 Å². The Morgan fingerprint density at radius 3 is 1.52 bits per heavy atom. The summed E-state index contributed by atoms with van der Waals surface area (Å²) in [5, 5.41) is 8.93. The largest absolute Gasteiger partial charge is 0.394 e. The van der Waals surface area contributed by atoms with Gasteiger partial charge in [-0.15, -0.1) is 0 Å². The second-order valence-electron chi connectivity index (χ2n) is 7.17. The van der Waals surface area contributed by atoms with E-state index < -0.39 is 0 Å². The van der Waals surface area contributed by atoms with Gasteiger partial charge in [0.05, 0.1) is 50.8 Å². The van der Waals surface area contributed by atoms with Gasteiger partial charge >= 0.3 is 0 Å². The molecule has 0 amide bonds. The van der Waals surface area contributed by atoms with E-state index in [0.717, 1.165) is 6.61 Å². The van der Waals surface area contributed by atoms with E-state index in [1.807, 2.05) is 20.8 Å². The minimum absolute atomic E-state index is 0.0161. The van der Waals surface area contributed by atoms with E-state index >= 15 is 0 Å². The molecule has 5 unspecified atom stereocenters. The van der Waals surface area contributed by atoms with Crippen molar-refractivity contribution in [2.75, 3.05) is 33.0 Å². The maximum atomic E-state index is 8.93. The molecule has 5 atom stereocenters. The monoisotopic (exact) mass is 362 g/mol. The third kappa shape index (κ3) is 14.6. The fourth-order valence-electron chi connectivity index (χ4n) is 2.29. The van der Waals surface area contributed by atoms with Crippen LogP contribution in [0.3, 0.4) is 0 Å². The normalized spacial score (nSPS) is 17.9. The fraction of sp³-hybridized carbons (Fsp3) is 1.00. The summed E-state index contributed by atoms with van der Waals surface area (Å²) >= 11 is 0. The van der Waals surface area contributed by atoms with Gasteiger partial charge in [0.2, 0.25) is 0 Å². The van der Waals surface area contributed by atoms with Gasteiger partial charge in [-0.1, -0.05) is 33.1 Å². The summed E-state index contributed by atoms with van der Waals surface area (Å²) in [6.45, 7) is 14.8. The molecule has 5 heteroatoms. The number of hydrogen-bond donors (Lipinski definition) is 1. The molecule has 0 saturated carbocycles. The van der Waals surface area contributed by atoms with E-state index in [2.05, 4.69) is 20.8 Å². The number of aliphatic hydroxyl groups is 1.